The molecule has 0 saturated carbocycles. The van der Waals surface area contributed by atoms with Crippen molar-refractivity contribution >= 4 is 195 Å². The van der Waals surface area contributed by atoms with Crippen LogP contribution < -0.4 is 36.2 Å². The second-order valence-electron chi connectivity index (χ2n) is 27.7. The largest absolute Gasteiger partial charge is 0.302 e. The molecule has 0 aliphatic carbocycles. The highest BCUT2D eigenvalue weighted by atomic mass is 79.9. The van der Waals surface area contributed by atoms with Gasteiger partial charge in [0.15, 0.2) is 23.3 Å². The summed E-state index contributed by atoms with van der Waals surface area (Å²) in [4.78, 5) is 51.7. The van der Waals surface area contributed by atoms with Crippen LogP contribution in [0.5, 0.6) is 0 Å². The van der Waals surface area contributed by atoms with E-state index in [4.69, 9.17) is 39.9 Å². The van der Waals surface area contributed by atoms with Crippen LogP contribution in [-0.2, 0) is 0 Å². The maximum absolute atomic E-state index is 5.58. The smallest absolute Gasteiger partial charge is 0.295 e. The molecule has 22 rings (SSSR count). The number of hydrogen-bond acceptors (Lipinski definition) is 12. The number of benzene rings is 16. The molecule has 0 spiro atoms. The Labute approximate surface area is 641 Å². The molecule has 2 aliphatic rings. The Balaban J connectivity index is 0.000000140. The van der Waals surface area contributed by atoms with Gasteiger partial charge in [-0.15, -0.1) is 0 Å². The Bertz CT molecular complexity index is 6620. The third-order valence-corrected chi connectivity index (χ3v) is 21.8. The van der Waals surface area contributed by atoms with Crippen LogP contribution in [0.2, 0.25) is 0 Å². The fourth-order valence-electron chi connectivity index (χ4n) is 15.9. The summed E-state index contributed by atoms with van der Waals surface area (Å²) in [6.45, 7) is -0.341. The molecule has 0 radical (unpaired) electrons. The molecule has 0 amide bonds. The van der Waals surface area contributed by atoms with Gasteiger partial charge in [0.2, 0.25) is 0 Å². The molecule has 0 bridgehead atoms. The van der Waals surface area contributed by atoms with Crippen LogP contribution >= 0.6 is 15.9 Å². The van der Waals surface area contributed by atoms with Gasteiger partial charge in [-0.25, -0.2) is 19.9 Å². The molecule has 20 aromatic rings. The predicted molar refractivity (Wildman–Crippen MR) is 457 cm³/mol. The van der Waals surface area contributed by atoms with E-state index in [-0.39, 0.29) is 6.71 Å². The second-order valence-corrected chi connectivity index (χ2v) is 28.5. The molecule has 0 fully saturated rings. The summed E-state index contributed by atoms with van der Waals surface area (Å²) in [6.07, 6.45) is 3.72. The van der Waals surface area contributed by atoms with E-state index in [1.165, 1.54) is 0 Å². The first-order valence-corrected chi connectivity index (χ1v) is 37.5. The predicted octanol–water partition coefficient (Wildman–Crippen LogP) is 22.9. The highest BCUT2D eigenvalue weighted by Crippen LogP contribution is 2.50. The number of nitrogens with zero attached hydrogens (tertiary/aromatic N) is 12. The van der Waals surface area contributed by atoms with Crippen LogP contribution in [0.25, 0.3) is 109 Å². The molecular formula is C96H60BBrN12. The van der Waals surface area contributed by atoms with E-state index >= 15 is 0 Å². The molecule has 2 aliphatic heterocycles. The van der Waals surface area contributed by atoms with Crippen LogP contribution in [0, 0.1) is 0 Å². The van der Waals surface area contributed by atoms with Crippen LogP contribution in [0.3, 0.4) is 0 Å². The highest BCUT2D eigenvalue weighted by molar-refractivity contribution is 9.10. The Morgan fingerprint density at radius 2 is 0.545 bits per heavy atom. The van der Waals surface area contributed by atoms with Crippen molar-refractivity contribution in [1.29, 1.82) is 0 Å². The first kappa shape index (κ1) is 64.1. The first-order valence-electron chi connectivity index (χ1n) is 36.7. The summed E-state index contributed by atoms with van der Waals surface area (Å²) >= 11 is 4.16. The summed E-state index contributed by atoms with van der Waals surface area (Å²) in [5.74, 6) is 2.97. The van der Waals surface area contributed by atoms with E-state index in [0.717, 1.165) is 188 Å². The molecule has 16 aromatic carbocycles. The molecule has 6 heterocycles. The number of fused-ring (bicyclic) bond motifs is 12. The average molecular weight is 1470 g/mol. The molecule has 4 aromatic heterocycles. The van der Waals surface area contributed by atoms with Gasteiger partial charge in [0.1, 0.15) is 0 Å². The van der Waals surface area contributed by atoms with Crippen molar-refractivity contribution < 1.29 is 0 Å². The third-order valence-electron chi connectivity index (χ3n) is 21.0. The van der Waals surface area contributed by atoms with Crippen LogP contribution in [0.15, 0.2) is 369 Å². The van der Waals surface area contributed by atoms with Gasteiger partial charge in [-0.2, -0.15) is 0 Å². The summed E-state index contributed by atoms with van der Waals surface area (Å²) < 4.78 is 0.848. The monoisotopic (exact) mass is 1470 g/mol. The van der Waals surface area contributed by atoms with Gasteiger partial charge in [0.05, 0.1) is 83.6 Å². The Morgan fingerprint density at radius 1 is 0.264 bits per heavy atom. The van der Waals surface area contributed by atoms with Crippen LogP contribution in [0.1, 0.15) is 0 Å². The Kier molecular flexibility index (Phi) is 15.5. The van der Waals surface area contributed by atoms with Gasteiger partial charge in [0.25, 0.3) is 0 Å². The van der Waals surface area contributed by atoms with Crippen LogP contribution in [0.4, 0.5) is 68.8 Å². The van der Waals surface area contributed by atoms with E-state index in [1.807, 2.05) is 67.0 Å². The SMILES string of the molecule is Brc1c(N(c2ccccc2)c2cnc3cc4ccccc4cc3n2)cc(-c2ccccc2)cc1N(c1ccccc1)c1cnc2cc3ccccc3cc2n1.c1ccc(-c2cc3c4c(c2)N(c2ccccc2)c2nc5cc6ccccc6cc5nc2B4c2nc4cc5ccccc5cc4nc2N3c2ccccc2)cc1. The minimum absolute atomic E-state index is 0.341. The van der Waals surface area contributed by atoms with E-state index < -0.39 is 0 Å². The molecule has 0 atom stereocenters. The fourth-order valence-corrected chi connectivity index (χ4v) is 16.4. The van der Waals surface area contributed by atoms with Gasteiger partial charge in [-0.3, -0.25) is 39.5 Å². The van der Waals surface area contributed by atoms with Crippen molar-refractivity contribution in [3.8, 4) is 22.3 Å². The maximum Gasteiger partial charge on any atom is 0.302 e. The summed E-state index contributed by atoms with van der Waals surface area (Å²) in [5, 5.41) is 9.02. The standard InChI is InChI=1S/C48H29BN6.C48H31BrN6/c1-4-14-30(15-5-1)35-28-42-44-43(29-35)55(37-22-8-3-9-23-37)48-46(51-39-25-32-17-11-13-19-34(32)27-41(39)53-48)49(44)45-47(54(42)36-20-6-2-7-21-36)52-40-26-33-18-12-10-16-31(33)24-38(40)50-45;49-48-44(54(38-20-6-2-7-21-38)46-30-50-40-24-33-16-10-12-18-35(33)26-42(40)52-46)28-37(32-14-4-1-5-15-32)29-45(48)55(39-22-8-3-9-23-39)47-31-51-41-25-34-17-11-13-19-36(34)27-43(41)53-47/h1-29H;1-31H. The van der Waals surface area contributed by atoms with Gasteiger partial charge in [0, 0.05) is 34.1 Å². The number of para-hydroxylation sites is 4. The Hall–Kier alpha value is -14.3. The van der Waals surface area contributed by atoms with Crippen LogP contribution in [-0.4, -0.2) is 46.6 Å². The van der Waals surface area contributed by atoms with Gasteiger partial charge in [-0.05, 0) is 208 Å². The normalized spacial score (nSPS) is 12.2. The van der Waals surface area contributed by atoms with Crippen molar-refractivity contribution in [2.24, 2.45) is 0 Å². The topological polar surface area (TPSA) is 116 Å². The van der Waals surface area contributed by atoms with E-state index in [2.05, 4.69) is 333 Å². The van der Waals surface area contributed by atoms with Crippen molar-refractivity contribution in [2.75, 3.05) is 19.6 Å². The summed E-state index contributed by atoms with van der Waals surface area (Å²) in [5.41, 5.74) is 21.6. The number of aromatic nitrogens is 8. The quantitative estimate of drug-likeness (QED) is 0.0959. The van der Waals surface area contributed by atoms with E-state index in [9.17, 15) is 0 Å². The average Bonchev–Trinajstić information content (AvgIpc) is 0.690. The molecule has 110 heavy (non-hydrogen) atoms. The Morgan fingerprint density at radius 3 is 0.891 bits per heavy atom. The molecule has 0 saturated heterocycles. The third kappa shape index (κ3) is 11.2. The fraction of sp³-hybridized carbons (Fsp3) is 0. The number of anilines is 12. The molecule has 514 valence electrons. The second kappa shape index (κ2) is 26.6. The number of halogens is 1. The zero-order valence-corrected chi connectivity index (χ0v) is 60.5. The minimum atomic E-state index is -0.341. The summed E-state index contributed by atoms with van der Waals surface area (Å²) in [6, 6.07) is 122. The maximum atomic E-state index is 5.58. The molecule has 0 unspecified atom stereocenters. The minimum Gasteiger partial charge on any atom is -0.295 e. The highest BCUT2D eigenvalue weighted by Gasteiger charge is 2.48. The molecular weight excluding hydrogens is 1410 g/mol. The first-order chi connectivity index (χ1) is 54.4. The molecule has 14 heteroatoms. The van der Waals surface area contributed by atoms with Gasteiger partial charge >= 0.3 is 6.71 Å². The lowest BCUT2D eigenvalue weighted by Gasteiger charge is -2.42. The molecule has 12 nitrogen and oxygen atoms in total. The van der Waals surface area contributed by atoms with E-state index in [0.29, 0.717) is 11.6 Å². The van der Waals surface area contributed by atoms with Crippen molar-refractivity contribution in [3.05, 3.63) is 369 Å². The van der Waals surface area contributed by atoms with Crippen molar-refractivity contribution in [2.45, 2.75) is 0 Å². The van der Waals surface area contributed by atoms with Crippen molar-refractivity contribution in [3.63, 3.8) is 0 Å². The molecule has 0 N–H and O–H groups in total. The van der Waals surface area contributed by atoms with Gasteiger partial charge < -0.3 is 0 Å². The lowest BCUT2D eigenvalue weighted by Crippen LogP contribution is -2.63. The zero-order valence-electron chi connectivity index (χ0n) is 59.0. The number of rotatable bonds is 10. The lowest BCUT2D eigenvalue weighted by atomic mass is 9.37. The number of hydrogen-bond donors (Lipinski definition) is 0. The van der Waals surface area contributed by atoms with Gasteiger partial charge in [-0.1, -0.05) is 231 Å². The zero-order chi connectivity index (χ0) is 72.8. The summed E-state index contributed by atoms with van der Waals surface area (Å²) in [7, 11) is 0. The lowest BCUT2D eigenvalue weighted by molar-refractivity contribution is 1.15. The van der Waals surface area contributed by atoms with Crippen molar-refractivity contribution in [1.82, 2.24) is 39.9 Å². The van der Waals surface area contributed by atoms with E-state index in [1.54, 1.807) is 0 Å².